The zero-order chi connectivity index (χ0) is 17.3. The molecule has 0 aromatic carbocycles. The van der Waals surface area contributed by atoms with Gasteiger partial charge in [0, 0.05) is 19.0 Å². The zero-order valence-electron chi connectivity index (χ0n) is 14.4. The van der Waals surface area contributed by atoms with Gasteiger partial charge in [-0.2, -0.15) is 5.26 Å². The number of carbonyl (C=O) groups is 1. The number of piperazine rings is 1. The van der Waals surface area contributed by atoms with E-state index in [1.54, 1.807) is 4.90 Å². The Balaban J connectivity index is 1.58. The lowest BCUT2D eigenvalue weighted by Gasteiger charge is -2.37. The summed E-state index contributed by atoms with van der Waals surface area (Å²) in [7, 11) is 0. The van der Waals surface area contributed by atoms with Crippen LogP contribution in [0.15, 0.2) is 4.42 Å². The zero-order valence-corrected chi connectivity index (χ0v) is 14.4. The fourth-order valence-corrected chi connectivity index (χ4v) is 2.62. The molecular formula is C16H23N5O3. The first-order valence-electron chi connectivity index (χ1n) is 8.29. The predicted octanol–water partition coefficient (Wildman–Crippen LogP) is 1.89. The first-order valence-corrected chi connectivity index (χ1v) is 8.29. The molecule has 1 amide bonds. The van der Waals surface area contributed by atoms with Crippen LogP contribution >= 0.6 is 0 Å². The minimum atomic E-state index is -0.542. The van der Waals surface area contributed by atoms with Crippen molar-refractivity contribution in [3.05, 3.63) is 11.8 Å². The molecule has 1 unspecified atom stereocenters. The number of ether oxygens (including phenoxy) is 1. The van der Waals surface area contributed by atoms with Crippen LogP contribution in [-0.4, -0.2) is 57.4 Å². The van der Waals surface area contributed by atoms with E-state index in [2.05, 4.69) is 16.3 Å². The van der Waals surface area contributed by atoms with Gasteiger partial charge in [0.15, 0.2) is 0 Å². The van der Waals surface area contributed by atoms with E-state index >= 15 is 0 Å². The van der Waals surface area contributed by atoms with Crippen molar-refractivity contribution in [1.82, 2.24) is 20.0 Å². The van der Waals surface area contributed by atoms with E-state index in [1.807, 2.05) is 25.7 Å². The molecule has 2 aliphatic rings. The Labute approximate surface area is 141 Å². The van der Waals surface area contributed by atoms with Crippen LogP contribution in [0.3, 0.4) is 0 Å². The van der Waals surface area contributed by atoms with Gasteiger partial charge in [0.05, 0.1) is 19.2 Å². The molecule has 3 rings (SSSR count). The quantitative estimate of drug-likeness (QED) is 0.833. The number of hydrogen-bond acceptors (Lipinski definition) is 7. The van der Waals surface area contributed by atoms with Crippen molar-refractivity contribution in [1.29, 1.82) is 5.26 Å². The van der Waals surface area contributed by atoms with Crippen molar-refractivity contribution in [3.63, 3.8) is 0 Å². The largest absolute Gasteiger partial charge is 0.444 e. The number of aromatic nitrogens is 2. The first kappa shape index (κ1) is 16.7. The molecule has 8 nitrogen and oxygen atoms in total. The summed E-state index contributed by atoms with van der Waals surface area (Å²) in [6.45, 7) is 7.31. The van der Waals surface area contributed by atoms with E-state index in [0.717, 1.165) is 12.8 Å². The molecule has 2 fully saturated rings. The monoisotopic (exact) mass is 333 g/mol. The first-order chi connectivity index (χ1) is 11.4. The Kier molecular flexibility index (Phi) is 4.45. The Bertz CT molecular complexity index is 641. The Morgan fingerprint density at radius 1 is 1.38 bits per heavy atom. The Morgan fingerprint density at radius 2 is 2.12 bits per heavy atom. The van der Waals surface area contributed by atoms with Crippen LogP contribution in [0, 0.1) is 11.3 Å². The summed E-state index contributed by atoms with van der Waals surface area (Å²) in [5.41, 5.74) is -0.542. The van der Waals surface area contributed by atoms with E-state index in [0.29, 0.717) is 43.9 Å². The molecule has 1 atom stereocenters. The molecule has 1 aromatic heterocycles. The third kappa shape index (κ3) is 4.03. The lowest BCUT2D eigenvalue weighted by atomic mass is 10.2. The summed E-state index contributed by atoms with van der Waals surface area (Å²) in [4.78, 5) is 15.7. The van der Waals surface area contributed by atoms with Gasteiger partial charge in [0.1, 0.15) is 11.6 Å². The third-order valence-electron chi connectivity index (χ3n) is 4.04. The third-order valence-corrected chi connectivity index (χ3v) is 4.04. The summed E-state index contributed by atoms with van der Waals surface area (Å²) in [6.07, 6.45) is 1.84. The summed E-state index contributed by atoms with van der Waals surface area (Å²) >= 11 is 0. The van der Waals surface area contributed by atoms with Gasteiger partial charge in [-0.3, -0.25) is 4.90 Å². The number of rotatable bonds is 3. The molecular weight excluding hydrogens is 310 g/mol. The van der Waals surface area contributed by atoms with Gasteiger partial charge in [-0.1, -0.05) is 0 Å². The molecule has 8 heteroatoms. The topological polar surface area (TPSA) is 95.5 Å². The molecule has 0 radical (unpaired) electrons. The van der Waals surface area contributed by atoms with Crippen LogP contribution < -0.4 is 0 Å². The van der Waals surface area contributed by atoms with Crippen LogP contribution in [0.5, 0.6) is 0 Å². The molecule has 130 valence electrons. The molecule has 0 N–H and O–H groups in total. The Morgan fingerprint density at radius 3 is 2.75 bits per heavy atom. The average molecular weight is 333 g/mol. The number of nitriles is 1. The fraction of sp³-hybridized carbons (Fsp3) is 0.750. The highest BCUT2D eigenvalue weighted by atomic mass is 16.6. The minimum absolute atomic E-state index is 0.315. The molecule has 0 spiro atoms. The molecule has 1 saturated heterocycles. The van der Waals surface area contributed by atoms with E-state index in [4.69, 9.17) is 9.15 Å². The van der Waals surface area contributed by atoms with E-state index < -0.39 is 11.6 Å². The van der Waals surface area contributed by atoms with Crippen molar-refractivity contribution >= 4 is 6.09 Å². The van der Waals surface area contributed by atoms with Crippen LogP contribution in [0.1, 0.15) is 51.3 Å². The van der Waals surface area contributed by atoms with Gasteiger partial charge in [-0.05, 0) is 33.6 Å². The summed E-state index contributed by atoms with van der Waals surface area (Å²) in [5.74, 6) is 1.65. The SMILES string of the molecule is CC(C)(C)OC(=O)N1CCN(Cc2nnc(C3CC3)o2)C(C#N)C1. The average Bonchev–Trinajstić information content (AvgIpc) is 3.26. The fourth-order valence-electron chi connectivity index (χ4n) is 2.62. The molecule has 1 saturated carbocycles. The number of hydrogen-bond donors (Lipinski definition) is 0. The van der Waals surface area contributed by atoms with Crippen molar-refractivity contribution in [2.45, 2.75) is 57.7 Å². The van der Waals surface area contributed by atoms with Gasteiger partial charge in [0.25, 0.3) is 0 Å². The minimum Gasteiger partial charge on any atom is -0.444 e. The summed E-state index contributed by atoms with van der Waals surface area (Å²) < 4.78 is 11.0. The molecule has 0 bridgehead atoms. The van der Waals surface area contributed by atoms with E-state index in [1.165, 1.54) is 0 Å². The number of carbonyl (C=O) groups excluding carboxylic acids is 1. The van der Waals surface area contributed by atoms with E-state index in [-0.39, 0.29) is 6.09 Å². The maximum absolute atomic E-state index is 12.2. The number of nitrogens with zero attached hydrogens (tertiary/aromatic N) is 5. The van der Waals surface area contributed by atoms with E-state index in [9.17, 15) is 10.1 Å². The van der Waals surface area contributed by atoms with Crippen LogP contribution in [0.4, 0.5) is 4.79 Å². The smallest absolute Gasteiger partial charge is 0.410 e. The van der Waals surface area contributed by atoms with Crippen molar-refractivity contribution in [2.75, 3.05) is 19.6 Å². The Hall–Kier alpha value is -2.14. The summed E-state index contributed by atoms with van der Waals surface area (Å²) in [6, 6.07) is 1.84. The molecule has 24 heavy (non-hydrogen) atoms. The number of amides is 1. The van der Waals surface area contributed by atoms with Crippen LogP contribution in [-0.2, 0) is 11.3 Å². The second kappa shape index (κ2) is 6.40. The highest BCUT2D eigenvalue weighted by molar-refractivity contribution is 5.68. The standard InChI is InChI=1S/C16H23N5O3/c1-16(2,3)24-15(22)21-7-6-20(12(8-17)9-21)10-13-18-19-14(23-13)11-4-5-11/h11-12H,4-7,9-10H2,1-3H3. The predicted molar refractivity (Wildman–Crippen MR) is 83.9 cm³/mol. The van der Waals surface area contributed by atoms with Crippen LogP contribution in [0.25, 0.3) is 0 Å². The van der Waals surface area contributed by atoms with Crippen molar-refractivity contribution in [2.24, 2.45) is 0 Å². The second-order valence-electron chi connectivity index (χ2n) is 7.35. The van der Waals surface area contributed by atoms with Gasteiger partial charge < -0.3 is 14.1 Å². The lowest BCUT2D eigenvalue weighted by Crippen LogP contribution is -2.54. The second-order valence-corrected chi connectivity index (χ2v) is 7.35. The van der Waals surface area contributed by atoms with Gasteiger partial charge in [-0.15, -0.1) is 10.2 Å². The van der Waals surface area contributed by atoms with Gasteiger partial charge >= 0.3 is 6.09 Å². The van der Waals surface area contributed by atoms with Gasteiger partial charge in [-0.25, -0.2) is 4.79 Å². The highest BCUT2D eigenvalue weighted by Gasteiger charge is 2.34. The highest BCUT2D eigenvalue weighted by Crippen LogP contribution is 2.39. The molecule has 1 aliphatic carbocycles. The normalized spacial score (nSPS) is 22.2. The van der Waals surface area contributed by atoms with Crippen molar-refractivity contribution < 1.29 is 13.9 Å². The lowest BCUT2D eigenvalue weighted by molar-refractivity contribution is 0.00743. The molecule has 1 aliphatic heterocycles. The van der Waals surface area contributed by atoms with Gasteiger partial charge in [0.2, 0.25) is 11.8 Å². The van der Waals surface area contributed by atoms with Crippen molar-refractivity contribution in [3.8, 4) is 6.07 Å². The maximum atomic E-state index is 12.2. The van der Waals surface area contributed by atoms with Crippen LogP contribution in [0.2, 0.25) is 0 Å². The molecule has 2 heterocycles. The molecule has 1 aromatic rings. The maximum Gasteiger partial charge on any atom is 0.410 e. The summed E-state index contributed by atoms with van der Waals surface area (Å²) in [5, 5.41) is 17.6.